The highest BCUT2D eigenvalue weighted by Crippen LogP contribution is 2.50. The van der Waals surface area contributed by atoms with Crippen LogP contribution in [-0.4, -0.2) is 38.0 Å². The molecule has 2 fully saturated rings. The van der Waals surface area contributed by atoms with Crippen molar-refractivity contribution in [2.75, 3.05) is 18.8 Å². The van der Waals surface area contributed by atoms with Crippen LogP contribution < -0.4 is 16.2 Å². The largest absolute Gasteiger partial charge is 0.457 e. The van der Waals surface area contributed by atoms with E-state index < -0.39 is 0 Å². The van der Waals surface area contributed by atoms with E-state index in [1.54, 1.807) is 26.3 Å². The third-order valence-corrected chi connectivity index (χ3v) is 8.84. The number of likely N-dealkylation sites (tertiary alicyclic amines) is 1. The Morgan fingerprint density at radius 2 is 1.67 bits per heavy atom. The lowest BCUT2D eigenvalue weighted by molar-refractivity contribution is -0.128. The normalized spacial score (nSPS) is 17.5. The number of imidazole rings is 1. The van der Waals surface area contributed by atoms with Crippen molar-refractivity contribution in [1.29, 1.82) is 5.26 Å². The van der Waals surface area contributed by atoms with Gasteiger partial charge in [0.25, 0.3) is 5.91 Å². The Bertz CT molecular complexity index is 2000. The number of para-hydroxylation sites is 1. The Labute approximate surface area is 260 Å². The molecule has 1 saturated carbocycles. The topological polar surface area (TPSA) is 119 Å². The van der Waals surface area contributed by atoms with Crippen molar-refractivity contribution >= 4 is 22.8 Å². The Kier molecular flexibility index (Phi) is 7.18. The molecule has 2 aromatic heterocycles. The summed E-state index contributed by atoms with van der Waals surface area (Å²) >= 11 is 0. The van der Waals surface area contributed by atoms with Crippen LogP contribution in [0, 0.1) is 11.3 Å². The first-order chi connectivity index (χ1) is 22.0. The van der Waals surface area contributed by atoms with Crippen molar-refractivity contribution in [3.05, 3.63) is 125 Å². The molecule has 2 N–H and O–H groups in total. The number of piperidine rings is 1. The van der Waals surface area contributed by atoms with Gasteiger partial charge in [0.15, 0.2) is 0 Å². The molecule has 0 bridgehead atoms. The number of nitriles is 1. The number of hydrogen-bond donors (Lipinski definition) is 1. The average molecular weight is 597 g/mol. The summed E-state index contributed by atoms with van der Waals surface area (Å²) in [7, 11) is 0. The van der Waals surface area contributed by atoms with Crippen molar-refractivity contribution in [2.24, 2.45) is 0 Å². The summed E-state index contributed by atoms with van der Waals surface area (Å²) in [4.78, 5) is 33.9. The molecule has 1 aliphatic heterocycles. The number of aromatic nitrogens is 3. The number of benzene rings is 3. The fourth-order valence-electron chi connectivity index (χ4n) is 6.43. The molecule has 0 radical (unpaired) electrons. The number of carbonyl (C=O) groups excluding carboxylic acids is 1. The maximum absolute atomic E-state index is 14.2. The van der Waals surface area contributed by atoms with Crippen LogP contribution in [0.2, 0.25) is 0 Å². The molecule has 1 aliphatic carbocycles. The van der Waals surface area contributed by atoms with Crippen LogP contribution in [0.25, 0.3) is 16.7 Å². The zero-order valence-corrected chi connectivity index (χ0v) is 24.7. The van der Waals surface area contributed by atoms with E-state index in [4.69, 9.17) is 10.5 Å². The second-order valence-corrected chi connectivity index (χ2v) is 11.7. The van der Waals surface area contributed by atoms with Crippen LogP contribution in [0.3, 0.4) is 0 Å². The fourth-order valence-corrected chi connectivity index (χ4v) is 6.43. The SMILES string of the molecule is N#C/C(=C\C1(c2ccccc2)CC1)C(=O)N1CCC[C@@H](n2c(=O)n(-c3ccc(Oc4ccccc4)cc3)c3c(N)nccc32)C1. The number of nitrogens with two attached hydrogens (primary N) is 1. The quantitative estimate of drug-likeness (QED) is 0.184. The molecule has 9 heteroatoms. The highest BCUT2D eigenvalue weighted by atomic mass is 16.5. The number of anilines is 1. The van der Waals surface area contributed by atoms with E-state index in [1.807, 2.05) is 91.0 Å². The zero-order chi connectivity index (χ0) is 31.0. The molecule has 1 amide bonds. The summed E-state index contributed by atoms with van der Waals surface area (Å²) in [6.45, 7) is 0.827. The third kappa shape index (κ3) is 5.25. The lowest BCUT2D eigenvalue weighted by Crippen LogP contribution is -2.43. The van der Waals surface area contributed by atoms with Gasteiger partial charge in [-0.25, -0.2) is 9.78 Å². The second kappa shape index (κ2) is 11.5. The van der Waals surface area contributed by atoms with E-state index >= 15 is 0 Å². The molecule has 7 rings (SSSR count). The number of carbonyl (C=O) groups is 1. The molecule has 1 saturated heterocycles. The highest BCUT2D eigenvalue weighted by molar-refractivity contribution is 5.97. The minimum absolute atomic E-state index is 0.151. The molecule has 224 valence electrons. The first kappa shape index (κ1) is 28.2. The summed E-state index contributed by atoms with van der Waals surface area (Å²) in [6, 6.07) is 30.4. The maximum Gasteiger partial charge on any atom is 0.334 e. The van der Waals surface area contributed by atoms with E-state index in [0.29, 0.717) is 54.2 Å². The van der Waals surface area contributed by atoms with Crippen molar-refractivity contribution in [1.82, 2.24) is 19.0 Å². The van der Waals surface area contributed by atoms with Crippen LogP contribution in [0.15, 0.2) is 114 Å². The summed E-state index contributed by atoms with van der Waals surface area (Å²) in [5.41, 5.74) is 8.88. The molecular weight excluding hydrogens is 564 g/mol. The maximum atomic E-state index is 14.2. The molecule has 2 aliphatic rings. The minimum Gasteiger partial charge on any atom is -0.457 e. The van der Waals surface area contributed by atoms with Crippen molar-refractivity contribution < 1.29 is 9.53 Å². The molecule has 3 aromatic carbocycles. The number of allylic oxidation sites excluding steroid dienone is 1. The van der Waals surface area contributed by atoms with Gasteiger partial charge in [-0.3, -0.25) is 13.9 Å². The number of fused-ring (bicyclic) bond motifs is 1. The zero-order valence-electron chi connectivity index (χ0n) is 24.7. The van der Waals surface area contributed by atoms with E-state index in [9.17, 15) is 14.9 Å². The number of pyridine rings is 1. The van der Waals surface area contributed by atoms with Crippen LogP contribution in [0.1, 0.15) is 37.3 Å². The summed E-state index contributed by atoms with van der Waals surface area (Å²) in [5.74, 6) is 1.29. The van der Waals surface area contributed by atoms with E-state index in [2.05, 4.69) is 11.1 Å². The number of ether oxygens (including phenoxy) is 1. The van der Waals surface area contributed by atoms with Crippen LogP contribution in [0.5, 0.6) is 11.5 Å². The van der Waals surface area contributed by atoms with Gasteiger partial charge in [-0.05, 0) is 73.7 Å². The summed E-state index contributed by atoms with van der Waals surface area (Å²) in [6.07, 6.45) is 6.65. The van der Waals surface area contributed by atoms with Crippen LogP contribution in [-0.2, 0) is 10.2 Å². The first-order valence-electron chi connectivity index (χ1n) is 15.2. The Balaban J connectivity index is 1.19. The smallest absolute Gasteiger partial charge is 0.334 e. The van der Waals surface area contributed by atoms with Crippen molar-refractivity contribution in [3.8, 4) is 23.3 Å². The fraction of sp³-hybridized carbons (Fsp3) is 0.222. The monoisotopic (exact) mass is 596 g/mol. The third-order valence-electron chi connectivity index (χ3n) is 8.84. The number of hydrogen-bond acceptors (Lipinski definition) is 6. The van der Waals surface area contributed by atoms with Gasteiger partial charge >= 0.3 is 5.69 Å². The van der Waals surface area contributed by atoms with E-state index in [0.717, 1.165) is 18.4 Å². The number of nitrogen functional groups attached to an aromatic ring is 1. The molecule has 5 aromatic rings. The predicted molar refractivity (Wildman–Crippen MR) is 172 cm³/mol. The number of nitrogens with zero attached hydrogens (tertiary/aromatic N) is 5. The van der Waals surface area contributed by atoms with Gasteiger partial charge in [-0.2, -0.15) is 5.26 Å². The lowest BCUT2D eigenvalue weighted by Gasteiger charge is -2.33. The molecule has 3 heterocycles. The van der Waals surface area contributed by atoms with Gasteiger partial charge in [-0.1, -0.05) is 54.6 Å². The Morgan fingerprint density at radius 1 is 0.978 bits per heavy atom. The van der Waals surface area contributed by atoms with Gasteiger partial charge in [-0.15, -0.1) is 0 Å². The molecule has 0 unspecified atom stereocenters. The minimum atomic E-state index is -0.301. The van der Waals surface area contributed by atoms with Gasteiger partial charge in [0.2, 0.25) is 0 Å². The standard InChI is InChI=1S/C36H32N6O3/c37-23-25(22-36(18-19-36)26-8-3-1-4-9-26)34(43)40-21-7-10-28(24-40)41-31-17-20-39-33(38)32(31)42(35(41)44)27-13-15-30(16-14-27)45-29-11-5-2-6-12-29/h1-6,8-9,11-17,20,22,28H,7,10,18-19,21,24H2,(H2,38,39)/b25-22+/t28-/m1/s1. The van der Waals surface area contributed by atoms with Gasteiger partial charge in [0.05, 0.1) is 17.2 Å². The summed E-state index contributed by atoms with van der Waals surface area (Å²) in [5, 5.41) is 10.0. The highest BCUT2D eigenvalue weighted by Gasteiger charge is 2.43. The number of rotatable bonds is 7. The predicted octanol–water partition coefficient (Wildman–Crippen LogP) is 5.91. The van der Waals surface area contributed by atoms with Gasteiger partial charge in [0, 0.05) is 24.7 Å². The second-order valence-electron chi connectivity index (χ2n) is 11.7. The Morgan fingerprint density at radius 3 is 2.36 bits per heavy atom. The average Bonchev–Trinajstić information content (AvgIpc) is 3.81. The molecular formula is C36H32N6O3. The molecule has 0 spiro atoms. The van der Waals surface area contributed by atoms with Crippen LogP contribution in [0.4, 0.5) is 5.82 Å². The summed E-state index contributed by atoms with van der Waals surface area (Å²) < 4.78 is 9.24. The lowest BCUT2D eigenvalue weighted by atomic mass is 9.93. The molecule has 9 nitrogen and oxygen atoms in total. The Hall–Kier alpha value is -5.62. The first-order valence-corrected chi connectivity index (χ1v) is 15.2. The van der Waals surface area contributed by atoms with E-state index in [1.165, 1.54) is 0 Å². The van der Waals surface area contributed by atoms with Crippen LogP contribution >= 0.6 is 0 Å². The van der Waals surface area contributed by atoms with Gasteiger partial charge < -0.3 is 15.4 Å². The van der Waals surface area contributed by atoms with Gasteiger partial charge in [0.1, 0.15) is 34.5 Å². The number of amides is 1. The van der Waals surface area contributed by atoms with Crippen molar-refractivity contribution in [2.45, 2.75) is 37.1 Å². The van der Waals surface area contributed by atoms with Crippen molar-refractivity contribution in [3.63, 3.8) is 0 Å². The van der Waals surface area contributed by atoms with E-state index in [-0.39, 0.29) is 34.4 Å². The molecule has 45 heavy (non-hydrogen) atoms. The molecule has 1 atom stereocenters.